The lowest BCUT2D eigenvalue weighted by atomic mass is 10.5. The van der Waals surface area contributed by atoms with Crippen LogP contribution in [0.1, 0.15) is 5.69 Å². The van der Waals surface area contributed by atoms with Crippen molar-refractivity contribution in [2.45, 2.75) is 6.92 Å². The number of aryl methyl sites for hydroxylation is 2. The fourth-order valence-electron chi connectivity index (χ4n) is 1.89. The summed E-state index contributed by atoms with van der Waals surface area (Å²) in [5.41, 5.74) is 4.48. The van der Waals surface area contributed by atoms with E-state index in [1.54, 1.807) is 0 Å². The van der Waals surface area contributed by atoms with Gasteiger partial charge in [0.2, 0.25) is 0 Å². The van der Waals surface area contributed by atoms with E-state index in [9.17, 15) is 0 Å². The Labute approximate surface area is 81.6 Å². The summed E-state index contributed by atoms with van der Waals surface area (Å²) in [6.07, 6.45) is 2.05. The molecule has 0 atom stereocenters. The van der Waals surface area contributed by atoms with Crippen molar-refractivity contribution in [3.05, 3.63) is 36.2 Å². The fourth-order valence-corrected chi connectivity index (χ4v) is 1.89. The minimum Gasteiger partial charge on any atom is -0.333 e. The van der Waals surface area contributed by atoms with Gasteiger partial charge in [-0.3, -0.25) is 4.40 Å². The van der Waals surface area contributed by atoms with Gasteiger partial charge in [0.05, 0.1) is 0 Å². The van der Waals surface area contributed by atoms with Gasteiger partial charge in [-0.15, -0.1) is 0 Å². The first-order valence-electron chi connectivity index (χ1n) is 4.66. The number of imidazole rings is 1. The smallest absolute Gasteiger partial charge is 0.144 e. The standard InChI is InChI=1S/C11H11N3/c1-8-7-9-11(13(8)2)14-6-4-3-5-10(14)12-9/h3-7H,1-2H3. The third-order valence-corrected chi connectivity index (χ3v) is 2.72. The molecule has 0 amide bonds. The quantitative estimate of drug-likeness (QED) is 0.526. The zero-order chi connectivity index (χ0) is 9.71. The molecule has 0 aliphatic rings. The fraction of sp³-hybridized carbons (Fsp3) is 0.182. The Kier molecular flexibility index (Phi) is 1.29. The van der Waals surface area contributed by atoms with Crippen LogP contribution < -0.4 is 0 Å². The molecule has 0 saturated carbocycles. The maximum atomic E-state index is 4.54. The summed E-state index contributed by atoms with van der Waals surface area (Å²) in [6, 6.07) is 8.17. The molecule has 3 nitrogen and oxygen atoms in total. The topological polar surface area (TPSA) is 22.2 Å². The molecule has 0 aliphatic carbocycles. The van der Waals surface area contributed by atoms with Gasteiger partial charge < -0.3 is 4.57 Å². The molecule has 0 radical (unpaired) electrons. The van der Waals surface area contributed by atoms with Crippen LogP contribution in [0.5, 0.6) is 0 Å². The lowest BCUT2D eigenvalue weighted by Gasteiger charge is -1.99. The largest absolute Gasteiger partial charge is 0.333 e. The second-order valence-electron chi connectivity index (χ2n) is 3.59. The van der Waals surface area contributed by atoms with Crippen LogP contribution in [-0.4, -0.2) is 14.0 Å². The molecule has 0 aromatic carbocycles. The Bertz CT molecular complexity index is 616. The summed E-state index contributed by atoms with van der Waals surface area (Å²) in [5, 5.41) is 0. The van der Waals surface area contributed by atoms with E-state index in [2.05, 4.69) is 34.0 Å². The highest BCUT2D eigenvalue weighted by Crippen LogP contribution is 2.19. The van der Waals surface area contributed by atoms with E-state index >= 15 is 0 Å². The van der Waals surface area contributed by atoms with E-state index in [1.165, 1.54) is 5.69 Å². The van der Waals surface area contributed by atoms with Crippen molar-refractivity contribution in [1.82, 2.24) is 14.0 Å². The first-order valence-corrected chi connectivity index (χ1v) is 4.66. The van der Waals surface area contributed by atoms with E-state index in [0.29, 0.717) is 0 Å². The number of nitrogens with zero attached hydrogens (tertiary/aromatic N) is 3. The van der Waals surface area contributed by atoms with Crippen molar-refractivity contribution < 1.29 is 0 Å². The first-order chi connectivity index (χ1) is 6.77. The zero-order valence-electron chi connectivity index (χ0n) is 8.23. The van der Waals surface area contributed by atoms with Crippen molar-refractivity contribution >= 4 is 16.8 Å². The molecule has 0 bridgehead atoms. The Morgan fingerprint density at radius 2 is 2.14 bits per heavy atom. The summed E-state index contributed by atoms with van der Waals surface area (Å²) in [6.45, 7) is 2.09. The van der Waals surface area contributed by atoms with Crippen molar-refractivity contribution in [2.75, 3.05) is 0 Å². The van der Waals surface area contributed by atoms with E-state index in [-0.39, 0.29) is 0 Å². The van der Waals surface area contributed by atoms with Crippen LogP contribution in [0.4, 0.5) is 0 Å². The zero-order valence-corrected chi connectivity index (χ0v) is 8.23. The van der Waals surface area contributed by atoms with Gasteiger partial charge in [0.15, 0.2) is 0 Å². The highest BCUT2D eigenvalue weighted by Gasteiger charge is 2.08. The Hall–Kier alpha value is -1.77. The van der Waals surface area contributed by atoms with Crippen molar-refractivity contribution in [3.63, 3.8) is 0 Å². The third kappa shape index (κ3) is 0.789. The minimum atomic E-state index is 1.01. The summed E-state index contributed by atoms with van der Waals surface area (Å²) in [7, 11) is 2.07. The number of pyridine rings is 1. The van der Waals surface area contributed by atoms with E-state index in [0.717, 1.165) is 16.8 Å². The van der Waals surface area contributed by atoms with Gasteiger partial charge in [-0.25, -0.2) is 4.98 Å². The molecular weight excluding hydrogens is 174 g/mol. The number of fused-ring (bicyclic) bond motifs is 3. The number of rotatable bonds is 0. The number of hydrogen-bond acceptors (Lipinski definition) is 1. The average Bonchev–Trinajstić information content (AvgIpc) is 2.65. The average molecular weight is 185 g/mol. The molecule has 0 fully saturated rings. The Morgan fingerprint density at radius 1 is 1.29 bits per heavy atom. The first kappa shape index (κ1) is 7.62. The van der Waals surface area contributed by atoms with Crippen molar-refractivity contribution in [2.24, 2.45) is 7.05 Å². The Morgan fingerprint density at radius 3 is 3.00 bits per heavy atom. The highest BCUT2D eigenvalue weighted by molar-refractivity contribution is 5.79. The van der Waals surface area contributed by atoms with Gasteiger partial charge in [-0.1, -0.05) is 6.07 Å². The maximum Gasteiger partial charge on any atom is 0.144 e. The predicted octanol–water partition coefficient (Wildman–Crippen LogP) is 2.13. The molecule has 0 unspecified atom stereocenters. The molecule has 0 spiro atoms. The minimum absolute atomic E-state index is 1.01. The number of aromatic nitrogens is 3. The van der Waals surface area contributed by atoms with Gasteiger partial charge in [-0.2, -0.15) is 0 Å². The van der Waals surface area contributed by atoms with Crippen LogP contribution in [0.15, 0.2) is 30.5 Å². The number of hydrogen-bond donors (Lipinski definition) is 0. The summed E-state index contributed by atoms with van der Waals surface area (Å²) in [4.78, 5) is 4.54. The molecule has 3 aromatic rings. The lowest BCUT2D eigenvalue weighted by molar-refractivity contribution is 0.892. The molecule has 3 aromatic heterocycles. The van der Waals surface area contributed by atoms with Gasteiger partial charge in [0, 0.05) is 18.9 Å². The van der Waals surface area contributed by atoms with Gasteiger partial charge in [-0.05, 0) is 25.1 Å². The molecule has 3 rings (SSSR count). The van der Waals surface area contributed by atoms with E-state index < -0.39 is 0 Å². The summed E-state index contributed by atoms with van der Waals surface area (Å²) in [5.74, 6) is 0. The second kappa shape index (κ2) is 2.38. The molecule has 0 N–H and O–H groups in total. The lowest BCUT2D eigenvalue weighted by Crippen LogP contribution is -1.94. The molecule has 3 heterocycles. The van der Waals surface area contributed by atoms with E-state index in [1.807, 2.05) is 24.4 Å². The van der Waals surface area contributed by atoms with Crippen LogP contribution in [0.25, 0.3) is 16.8 Å². The van der Waals surface area contributed by atoms with Crippen LogP contribution in [0.3, 0.4) is 0 Å². The van der Waals surface area contributed by atoms with Crippen LogP contribution in [0.2, 0.25) is 0 Å². The van der Waals surface area contributed by atoms with Crippen molar-refractivity contribution in [1.29, 1.82) is 0 Å². The Balaban J connectivity index is 2.62. The molecule has 3 heteroatoms. The molecular formula is C11H11N3. The molecule has 14 heavy (non-hydrogen) atoms. The summed E-state index contributed by atoms with van der Waals surface area (Å²) >= 11 is 0. The van der Waals surface area contributed by atoms with Gasteiger partial charge >= 0.3 is 0 Å². The SMILES string of the molecule is Cc1cc2nc3ccccn3c2n1C. The van der Waals surface area contributed by atoms with Crippen LogP contribution >= 0.6 is 0 Å². The van der Waals surface area contributed by atoms with E-state index in [4.69, 9.17) is 0 Å². The predicted molar refractivity (Wildman–Crippen MR) is 56.4 cm³/mol. The highest BCUT2D eigenvalue weighted by atomic mass is 15.1. The van der Waals surface area contributed by atoms with Gasteiger partial charge in [0.25, 0.3) is 0 Å². The monoisotopic (exact) mass is 185 g/mol. The van der Waals surface area contributed by atoms with Gasteiger partial charge in [0.1, 0.15) is 16.8 Å². The van der Waals surface area contributed by atoms with Crippen LogP contribution in [0, 0.1) is 6.92 Å². The van der Waals surface area contributed by atoms with Crippen molar-refractivity contribution in [3.8, 4) is 0 Å². The summed E-state index contributed by atoms with van der Waals surface area (Å²) < 4.78 is 4.28. The normalized spacial score (nSPS) is 11.6. The molecule has 0 saturated heterocycles. The van der Waals surface area contributed by atoms with Crippen LogP contribution in [-0.2, 0) is 7.05 Å². The molecule has 70 valence electrons. The second-order valence-corrected chi connectivity index (χ2v) is 3.59. The molecule has 0 aliphatic heterocycles. The third-order valence-electron chi connectivity index (χ3n) is 2.72. The maximum absolute atomic E-state index is 4.54.